The van der Waals surface area contributed by atoms with Gasteiger partial charge < -0.3 is 19.3 Å². The van der Waals surface area contributed by atoms with Gasteiger partial charge in [0.25, 0.3) is 0 Å². The lowest BCUT2D eigenvalue weighted by Crippen LogP contribution is -2.06. The Kier molecular flexibility index (Phi) is 3.05. The maximum Gasteiger partial charge on any atom is 0.512 e. The highest BCUT2D eigenvalue weighted by Crippen LogP contribution is 2.18. The van der Waals surface area contributed by atoms with Crippen molar-refractivity contribution in [2.45, 2.75) is 0 Å². The molecule has 14 heavy (non-hydrogen) atoms. The van der Waals surface area contributed by atoms with Gasteiger partial charge in [-0.3, -0.25) is 0 Å². The minimum atomic E-state index is -1.46. The lowest BCUT2D eigenvalue weighted by atomic mass is 10.6. The monoisotopic (exact) mass is 200 g/mol. The molecule has 7 heteroatoms. The molecular formula is C7H8N2O5. The lowest BCUT2D eigenvalue weighted by Gasteiger charge is -2.04. The molecule has 0 aliphatic carbocycles. The van der Waals surface area contributed by atoms with E-state index in [1.807, 2.05) is 0 Å². The number of hydrogen-bond donors (Lipinski definition) is 1. The maximum absolute atomic E-state index is 10.2. The van der Waals surface area contributed by atoms with Crippen molar-refractivity contribution in [1.29, 1.82) is 0 Å². The van der Waals surface area contributed by atoms with Crippen LogP contribution >= 0.6 is 0 Å². The summed E-state index contributed by atoms with van der Waals surface area (Å²) in [5.41, 5.74) is 0. The topological polar surface area (TPSA) is 90.8 Å². The summed E-state index contributed by atoms with van der Waals surface area (Å²) in [5.74, 6) is 0.00861. The van der Waals surface area contributed by atoms with Gasteiger partial charge in [-0.25, -0.2) is 4.79 Å². The fraction of sp³-hybridized carbons (Fsp3) is 0.286. The molecule has 0 atom stereocenters. The third-order valence-corrected chi connectivity index (χ3v) is 1.24. The van der Waals surface area contributed by atoms with Crippen molar-refractivity contribution >= 4 is 6.16 Å². The molecule has 0 amide bonds. The van der Waals surface area contributed by atoms with E-state index in [1.54, 1.807) is 0 Å². The zero-order chi connectivity index (χ0) is 10.6. The van der Waals surface area contributed by atoms with Crippen LogP contribution in [0.2, 0.25) is 0 Å². The predicted molar refractivity (Wildman–Crippen MR) is 43.8 cm³/mol. The van der Waals surface area contributed by atoms with E-state index in [9.17, 15) is 4.79 Å². The van der Waals surface area contributed by atoms with Crippen molar-refractivity contribution in [2.75, 3.05) is 14.2 Å². The van der Waals surface area contributed by atoms with Crippen molar-refractivity contribution in [2.24, 2.45) is 0 Å². The van der Waals surface area contributed by atoms with E-state index in [0.29, 0.717) is 0 Å². The number of hydrogen-bond acceptors (Lipinski definition) is 6. The van der Waals surface area contributed by atoms with Crippen molar-refractivity contribution in [3.63, 3.8) is 0 Å². The first kappa shape index (κ1) is 10.0. The summed E-state index contributed by atoms with van der Waals surface area (Å²) in [5, 5.41) is 8.33. The summed E-state index contributed by atoms with van der Waals surface area (Å²) in [6, 6.07) is 1.21. The molecule has 0 aromatic carbocycles. The predicted octanol–water partition coefficient (Wildman–Crippen LogP) is 0.551. The van der Waals surface area contributed by atoms with E-state index in [2.05, 4.69) is 14.7 Å². The summed E-state index contributed by atoms with van der Waals surface area (Å²) >= 11 is 0. The van der Waals surface area contributed by atoms with E-state index in [1.165, 1.54) is 20.3 Å². The Bertz CT molecular complexity index is 319. The number of nitrogens with zero attached hydrogens (tertiary/aromatic N) is 2. The number of carboxylic acid groups (broad SMARTS) is 1. The number of aromatic nitrogens is 2. The minimum Gasteiger partial charge on any atom is -0.481 e. The SMILES string of the molecule is COc1cc(OC(=O)O)nc(OC)n1. The Morgan fingerprint density at radius 2 is 1.93 bits per heavy atom. The number of rotatable bonds is 3. The molecule has 1 heterocycles. The second-order valence-electron chi connectivity index (χ2n) is 2.10. The molecule has 0 radical (unpaired) electrons. The van der Waals surface area contributed by atoms with Gasteiger partial charge in [-0.2, -0.15) is 9.97 Å². The minimum absolute atomic E-state index is 0.0272. The highest BCUT2D eigenvalue weighted by atomic mass is 16.7. The Balaban J connectivity index is 2.98. The number of methoxy groups -OCH3 is 2. The molecule has 1 rings (SSSR count). The van der Waals surface area contributed by atoms with Gasteiger partial charge in [-0.1, -0.05) is 0 Å². The second kappa shape index (κ2) is 4.26. The summed E-state index contributed by atoms with van der Waals surface area (Å²) in [7, 11) is 2.73. The van der Waals surface area contributed by atoms with Crippen LogP contribution in [0.4, 0.5) is 4.79 Å². The molecule has 1 aromatic heterocycles. The van der Waals surface area contributed by atoms with Crippen LogP contribution in [0.15, 0.2) is 6.07 Å². The summed E-state index contributed by atoms with van der Waals surface area (Å²) < 4.78 is 13.8. The van der Waals surface area contributed by atoms with Crippen LogP contribution in [0.25, 0.3) is 0 Å². The normalized spacial score (nSPS) is 9.29. The average Bonchev–Trinajstić information content (AvgIpc) is 2.16. The van der Waals surface area contributed by atoms with Crippen LogP contribution in [-0.2, 0) is 0 Å². The van der Waals surface area contributed by atoms with Gasteiger partial charge in [-0.05, 0) is 0 Å². The Morgan fingerprint density at radius 3 is 2.43 bits per heavy atom. The summed E-state index contributed by atoms with van der Waals surface area (Å²) in [4.78, 5) is 17.6. The van der Waals surface area contributed by atoms with E-state index in [4.69, 9.17) is 14.6 Å². The summed E-state index contributed by atoms with van der Waals surface area (Å²) in [6.45, 7) is 0. The zero-order valence-corrected chi connectivity index (χ0v) is 7.55. The first-order chi connectivity index (χ1) is 6.65. The molecule has 7 nitrogen and oxygen atoms in total. The first-order valence-corrected chi connectivity index (χ1v) is 3.53. The molecule has 0 bridgehead atoms. The lowest BCUT2D eigenvalue weighted by molar-refractivity contribution is 0.142. The van der Waals surface area contributed by atoms with Gasteiger partial charge in [0.05, 0.1) is 20.3 Å². The van der Waals surface area contributed by atoms with Crippen LogP contribution in [0.1, 0.15) is 0 Å². The number of ether oxygens (including phenoxy) is 3. The molecule has 0 fully saturated rings. The average molecular weight is 200 g/mol. The van der Waals surface area contributed by atoms with E-state index < -0.39 is 6.16 Å². The van der Waals surface area contributed by atoms with Crippen LogP contribution < -0.4 is 14.2 Å². The Hall–Kier alpha value is -2.05. The molecule has 1 N–H and O–H groups in total. The van der Waals surface area contributed by atoms with Gasteiger partial charge in [-0.15, -0.1) is 0 Å². The molecule has 0 saturated heterocycles. The van der Waals surface area contributed by atoms with Crippen molar-refractivity contribution in [3.8, 4) is 17.8 Å². The number of carbonyl (C=O) groups is 1. The van der Waals surface area contributed by atoms with Gasteiger partial charge in [0.1, 0.15) is 0 Å². The third-order valence-electron chi connectivity index (χ3n) is 1.24. The second-order valence-corrected chi connectivity index (χ2v) is 2.10. The fourth-order valence-electron chi connectivity index (χ4n) is 0.721. The molecule has 1 aromatic rings. The van der Waals surface area contributed by atoms with Gasteiger partial charge >= 0.3 is 12.2 Å². The van der Waals surface area contributed by atoms with Crippen molar-refractivity contribution < 1.29 is 24.1 Å². The fourth-order valence-corrected chi connectivity index (χ4v) is 0.721. The van der Waals surface area contributed by atoms with Crippen molar-refractivity contribution in [1.82, 2.24) is 9.97 Å². The highest BCUT2D eigenvalue weighted by molar-refractivity contribution is 5.60. The van der Waals surface area contributed by atoms with Crippen LogP contribution in [0.3, 0.4) is 0 Å². The van der Waals surface area contributed by atoms with Gasteiger partial charge in [0.15, 0.2) is 0 Å². The smallest absolute Gasteiger partial charge is 0.481 e. The molecule has 0 saturated carbocycles. The van der Waals surface area contributed by atoms with Crippen molar-refractivity contribution in [3.05, 3.63) is 6.07 Å². The first-order valence-electron chi connectivity index (χ1n) is 3.53. The highest BCUT2D eigenvalue weighted by Gasteiger charge is 2.08. The zero-order valence-electron chi connectivity index (χ0n) is 7.55. The summed E-state index contributed by atoms with van der Waals surface area (Å²) in [6.07, 6.45) is -1.46. The Morgan fingerprint density at radius 1 is 1.29 bits per heavy atom. The molecule has 0 spiro atoms. The molecular weight excluding hydrogens is 192 g/mol. The maximum atomic E-state index is 10.2. The van der Waals surface area contributed by atoms with Crippen LogP contribution in [0.5, 0.6) is 17.8 Å². The van der Waals surface area contributed by atoms with E-state index >= 15 is 0 Å². The standard InChI is InChI=1S/C7H8N2O5/c1-12-4-3-5(14-7(10)11)9-6(8-4)13-2/h3H,1-2H3,(H,10,11). The van der Waals surface area contributed by atoms with E-state index in [0.717, 1.165) is 0 Å². The van der Waals surface area contributed by atoms with Gasteiger partial charge in [0.2, 0.25) is 11.8 Å². The van der Waals surface area contributed by atoms with Crippen LogP contribution in [0, 0.1) is 0 Å². The van der Waals surface area contributed by atoms with Gasteiger partial charge in [0, 0.05) is 0 Å². The molecule has 0 aliphatic rings. The Labute approximate surface area is 79.3 Å². The van der Waals surface area contributed by atoms with E-state index in [-0.39, 0.29) is 17.8 Å². The quantitative estimate of drug-likeness (QED) is 0.712. The van der Waals surface area contributed by atoms with Crippen LogP contribution in [-0.4, -0.2) is 35.4 Å². The third kappa shape index (κ3) is 2.47. The molecule has 76 valence electrons. The molecule has 0 aliphatic heterocycles. The largest absolute Gasteiger partial charge is 0.512 e. The molecule has 0 unspecified atom stereocenters.